The van der Waals surface area contributed by atoms with Crippen LogP contribution in [-0.4, -0.2) is 34.3 Å². The Balaban J connectivity index is 1.62. The van der Waals surface area contributed by atoms with Crippen LogP contribution in [0.15, 0.2) is 66.0 Å². The number of thioether (sulfide) groups is 1. The number of rotatable bonds is 3. The molecule has 3 aliphatic rings. The van der Waals surface area contributed by atoms with Crippen molar-refractivity contribution < 1.29 is 9.59 Å². The number of thiophene rings is 1. The molecule has 2 aromatic carbocycles. The van der Waals surface area contributed by atoms with Crippen LogP contribution in [-0.2, 0) is 10.3 Å². The van der Waals surface area contributed by atoms with E-state index in [1.165, 1.54) is 11.3 Å². The third kappa shape index (κ3) is 2.65. The molecule has 1 N–H and O–H groups in total. The minimum absolute atomic E-state index is 0.0428. The molecule has 6 rings (SSSR count). The summed E-state index contributed by atoms with van der Waals surface area (Å²) in [5.74, 6) is 0.957. The van der Waals surface area contributed by atoms with Gasteiger partial charge in [0.15, 0.2) is 5.78 Å². The molecule has 4 heterocycles. The van der Waals surface area contributed by atoms with Crippen molar-refractivity contribution in [2.24, 2.45) is 5.92 Å². The number of hydrogen-bond acceptors (Lipinski definition) is 5. The summed E-state index contributed by atoms with van der Waals surface area (Å²) < 4.78 is 0. The van der Waals surface area contributed by atoms with Crippen molar-refractivity contribution >= 4 is 52.1 Å². The number of amides is 1. The largest absolute Gasteiger partial charge is 0.324 e. The van der Waals surface area contributed by atoms with Crippen molar-refractivity contribution in [1.29, 1.82) is 0 Å². The molecular weight excluding hydrogens is 448 g/mol. The van der Waals surface area contributed by atoms with Crippen LogP contribution >= 0.6 is 34.7 Å². The molecule has 1 spiro atoms. The first-order chi connectivity index (χ1) is 15.1. The number of hydrogen-bond donors (Lipinski definition) is 1. The minimum atomic E-state index is -1.00. The number of carbonyl (C=O) groups is 2. The van der Waals surface area contributed by atoms with Gasteiger partial charge in [0.2, 0.25) is 5.91 Å². The number of nitrogens with one attached hydrogen (secondary N) is 1. The van der Waals surface area contributed by atoms with Gasteiger partial charge in [-0.2, -0.15) is 0 Å². The minimum Gasteiger partial charge on any atom is -0.324 e. The molecule has 3 aliphatic heterocycles. The fraction of sp³-hybridized carbons (Fsp3) is 0.250. The predicted molar refractivity (Wildman–Crippen MR) is 126 cm³/mol. The smallest absolute Gasteiger partial charge is 0.250 e. The van der Waals surface area contributed by atoms with E-state index in [0.29, 0.717) is 9.90 Å². The molecule has 0 aliphatic carbocycles. The van der Waals surface area contributed by atoms with Crippen LogP contribution in [0.3, 0.4) is 0 Å². The molecule has 1 amide bonds. The molecule has 1 aromatic heterocycles. The number of anilines is 1. The van der Waals surface area contributed by atoms with Crippen molar-refractivity contribution in [3.8, 4) is 0 Å². The van der Waals surface area contributed by atoms with Crippen molar-refractivity contribution in [3.63, 3.8) is 0 Å². The van der Waals surface area contributed by atoms with Gasteiger partial charge < -0.3 is 5.32 Å². The second kappa shape index (κ2) is 7.20. The summed E-state index contributed by atoms with van der Waals surface area (Å²) in [5.41, 5.74) is 1.78. The average Bonchev–Trinajstić information content (AvgIpc) is 3.54. The first-order valence-electron chi connectivity index (χ1n) is 10.2. The van der Waals surface area contributed by atoms with E-state index < -0.39 is 11.5 Å². The highest BCUT2D eigenvalue weighted by Crippen LogP contribution is 2.61. The van der Waals surface area contributed by atoms with Crippen LogP contribution in [0.5, 0.6) is 0 Å². The summed E-state index contributed by atoms with van der Waals surface area (Å²) >= 11 is 9.45. The third-order valence-electron chi connectivity index (χ3n) is 6.83. The van der Waals surface area contributed by atoms with E-state index >= 15 is 0 Å². The number of benzene rings is 2. The van der Waals surface area contributed by atoms with Crippen LogP contribution in [0, 0.1) is 5.92 Å². The van der Waals surface area contributed by atoms with Crippen molar-refractivity contribution in [1.82, 2.24) is 4.90 Å². The summed E-state index contributed by atoms with van der Waals surface area (Å²) in [7, 11) is 0. The van der Waals surface area contributed by atoms with E-state index in [-0.39, 0.29) is 23.7 Å². The number of halogens is 1. The Morgan fingerprint density at radius 3 is 2.68 bits per heavy atom. The van der Waals surface area contributed by atoms with Gasteiger partial charge in [-0.15, -0.1) is 23.1 Å². The van der Waals surface area contributed by atoms with Crippen molar-refractivity contribution in [2.45, 2.75) is 17.5 Å². The van der Waals surface area contributed by atoms with Crippen molar-refractivity contribution in [2.75, 3.05) is 16.9 Å². The Morgan fingerprint density at radius 1 is 1.10 bits per heavy atom. The second-order valence-electron chi connectivity index (χ2n) is 8.20. The monoisotopic (exact) mass is 466 g/mol. The summed E-state index contributed by atoms with van der Waals surface area (Å²) in [5, 5.41) is 5.68. The maximum atomic E-state index is 14.1. The van der Waals surface area contributed by atoms with Crippen LogP contribution < -0.4 is 5.32 Å². The Labute approximate surface area is 193 Å². The van der Waals surface area contributed by atoms with Crippen molar-refractivity contribution in [3.05, 3.63) is 87.1 Å². The average molecular weight is 467 g/mol. The third-order valence-corrected chi connectivity index (χ3v) is 9.00. The molecule has 0 saturated carbocycles. The van der Waals surface area contributed by atoms with Gasteiger partial charge in [0.05, 0.1) is 10.8 Å². The van der Waals surface area contributed by atoms with E-state index in [9.17, 15) is 9.59 Å². The number of ketones is 1. The maximum absolute atomic E-state index is 14.1. The lowest BCUT2D eigenvalue weighted by Gasteiger charge is -2.36. The zero-order valence-corrected chi connectivity index (χ0v) is 18.8. The van der Waals surface area contributed by atoms with Crippen LogP contribution in [0.25, 0.3) is 0 Å². The van der Waals surface area contributed by atoms with Gasteiger partial charge >= 0.3 is 0 Å². The van der Waals surface area contributed by atoms with Gasteiger partial charge in [-0.1, -0.05) is 48.0 Å². The van der Waals surface area contributed by atoms with Gasteiger partial charge in [0.25, 0.3) is 0 Å². The Bertz CT molecular complexity index is 1180. The highest BCUT2D eigenvalue weighted by Gasteiger charge is 2.69. The quantitative estimate of drug-likeness (QED) is 0.537. The summed E-state index contributed by atoms with van der Waals surface area (Å²) in [6.45, 7) is 0. The first kappa shape index (κ1) is 19.6. The molecule has 31 heavy (non-hydrogen) atoms. The molecule has 3 aromatic rings. The second-order valence-corrected chi connectivity index (χ2v) is 10.6. The van der Waals surface area contributed by atoms with Gasteiger partial charge in [-0.3, -0.25) is 14.5 Å². The van der Waals surface area contributed by atoms with Gasteiger partial charge in [0.1, 0.15) is 5.54 Å². The molecule has 4 nitrogen and oxygen atoms in total. The van der Waals surface area contributed by atoms with E-state index in [1.54, 1.807) is 0 Å². The zero-order chi connectivity index (χ0) is 21.2. The summed E-state index contributed by atoms with van der Waals surface area (Å²) in [4.78, 5) is 30.8. The van der Waals surface area contributed by atoms with Gasteiger partial charge in [-0.25, -0.2) is 0 Å². The molecule has 0 unspecified atom stereocenters. The fourth-order valence-electron chi connectivity index (χ4n) is 5.66. The Kier molecular flexibility index (Phi) is 4.54. The lowest BCUT2D eigenvalue weighted by atomic mass is 9.70. The molecule has 2 fully saturated rings. The zero-order valence-electron chi connectivity index (χ0n) is 16.5. The van der Waals surface area contributed by atoms with Crippen LogP contribution in [0.4, 0.5) is 5.69 Å². The van der Waals surface area contributed by atoms with E-state index in [1.807, 2.05) is 77.8 Å². The number of carbonyl (C=O) groups excluding carboxylic acids is 2. The Hall–Kier alpha value is -2.12. The Morgan fingerprint density at radius 2 is 1.90 bits per heavy atom. The lowest BCUT2D eigenvalue weighted by Crippen LogP contribution is -2.52. The summed E-state index contributed by atoms with van der Waals surface area (Å²) in [6.07, 6.45) is 0. The maximum Gasteiger partial charge on any atom is 0.250 e. The molecule has 156 valence electrons. The normalized spacial score (nSPS) is 29.2. The predicted octanol–water partition coefficient (Wildman–Crippen LogP) is 5.22. The van der Waals surface area contributed by atoms with E-state index in [2.05, 4.69) is 10.2 Å². The highest BCUT2D eigenvalue weighted by molar-refractivity contribution is 7.99. The number of fused-ring (bicyclic) bond motifs is 4. The number of Topliss-reactive ketones (excluding diaryl/α,β-unsaturated/α-hetero) is 1. The van der Waals surface area contributed by atoms with Gasteiger partial charge in [-0.05, 0) is 35.2 Å². The first-order valence-corrected chi connectivity index (χ1v) is 12.6. The highest BCUT2D eigenvalue weighted by atomic mass is 35.5. The van der Waals surface area contributed by atoms with Gasteiger partial charge in [0, 0.05) is 39.9 Å². The number of nitrogens with zero attached hydrogens (tertiary/aromatic N) is 1. The van der Waals surface area contributed by atoms with Crippen LogP contribution in [0.2, 0.25) is 5.02 Å². The standard InChI is InChI=1S/C24H19ClN2O2S2/c25-15-9-7-14(8-10-15)20-18-12-30-13-27(18)24(21(20)22(28)19-6-3-11-31-19)16-4-1-2-5-17(16)26-23(24)29/h1-11,18,20-21H,12-13H2,(H,26,29)/t18-,20-,21+,24-/m1/s1. The summed E-state index contributed by atoms with van der Waals surface area (Å²) in [6, 6.07) is 19.5. The molecule has 4 atom stereocenters. The molecule has 0 radical (unpaired) electrons. The number of para-hydroxylation sites is 1. The molecule has 2 saturated heterocycles. The lowest BCUT2D eigenvalue weighted by molar-refractivity contribution is -0.127. The van der Waals surface area contributed by atoms with Crippen LogP contribution in [0.1, 0.15) is 26.7 Å². The molecule has 7 heteroatoms. The molecular formula is C24H19ClN2O2S2. The fourth-order valence-corrected chi connectivity index (χ4v) is 7.82. The van der Waals surface area contributed by atoms with E-state index in [4.69, 9.17) is 11.6 Å². The SMILES string of the molecule is O=C(c1cccs1)[C@@H]1[C@H](c2ccc(Cl)cc2)[C@H]2CSCN2[C@@]12C(=O)Nc1ccccc12. The topological polar surface area (TPSA) is 49.4 Å². The molecule has 0 bridgehead atoms. The van der Waals surface area contributed by atoms with E-state index in [0.717, 1.165) is 28.4 Å².